The Kier molecular flexibility index (Phi) is 7.58. The van der Waals surface area contributed by atoms with Crippen LogP contribution in [-0.4, -0.2) is 12.7 Å². The quantitative estimate of drug-likeness (QED) is 0.533. The fraction of sp³-hybridized carbons (Fsp3) is 0.909. The van der Waals surface area contributed by atoms with Crippen molar-refractivity contribution in [2.24, 2.45) is 5.92 Å². The van der Waals surface area contributed by atoms with E-state index in [1.165, 1.54) is 19.3 Å². The van der Waals surface area contributed by atoms with Crippen molar-refractivity contribution in [3.63, 3.8) is 0 Å². The summed E-state index contributed by atoms with van der Waals surface area (Å²) in [6.45, 7) is 11.3. The molecule has 0 amide bonds. The van der Waals surface area contributed by atoms with Crippen LogP contribution >= 0.6 is 0 Å². The van der Waals surface area contributed by atoms with E-state index in [1.54, 1.807) is 0 Å². The number of rotatable bonds is 7. The molecule has 0 rings (SSSR count). The number of hydrogen-bond donors (Lipinski definition) is 0. The Bertz CT molecular complexity index is 79.0. The second-order valence-electron chi connectivity index (χ2n) is 3.63. The molecule has 2 atom stereocenters. The Morgan fingerprint density at radius 3 is 2.50 bits per heavy atom. The van der Waals surface area contributed by atoms with Crippen molar-refractivity contribution in [2.75, 3.05) is 6.61 Å². The van der Waals surface area contributed by atoms with Crippen molar-refractivity contribution >= 4 is 0 Å². The lowest BCUT2D eigenvalue weighted by Crippen LogP contribution is -2.08. The summed E-state index contributed by atoms with van der Waals surface area (Å²) in [6, 6.07) is 0. The fourth-order valence-electron chi connectivity index (χ4n) is 1.00. The van der Waals surface area contributed by atoms with E-state index in [0.29, 0.717) is 6.10 Å². The van der Waals surface area contributed by atoms with Crippen molar-refractivity contribution in [2.45, 2.75) is 52.6 Å². The third kappa shape index (κ3) is 6.66. The van der Waals surface area contributed by atoms with Crippen LogP contribution < -0.4 is 0 Å². The molecule has 0 bridgehead atoms. The van der Waals surface area contributed by atoms with Crippen molar-refractivity contribution < 1.29 is 4.74 Å². The first-order valence-electron chi connectivity index (χ1n) is 5.11. The topological polar surface area (TPSA) is 9.23 Å². The lowest BCUT2D eigenvalue weighted by molar-refractivity contribution is 0.0631. The van der Waals surface area contributed by atoms with E-state index in [-0.39, 0.29) is 0 Å². The summed E-state index contributed by atoms with van der Waals surface area (Å²) in [5, 5.41) is 0. The SMILES string of the molecule is [CH2]CC(C)OCCCC(C)CC. The van der Waals surface area contributed by atoms with Gasteiger partial charge >= 0.3 is 0 Å². The molecule has 2 unspecified atom stereocenters. The summed E-state index contributed by atoms with van der Waals surface area (Å²) in [5.74, 6) is 0.851. The third-order valence-corrected chi connectivity index (χ3v) is 2.35. The van der Waals surface area contributed by atoms with Gasteiger partial charge in [-0.2, -0.15) is 0 Å². The zero-order valence-corrected chi connectivity index (χ0v) is 8.81. The first-order chi connectivity index (χ1) is 5.70. The lowest BCUT2D eigenvalue weighted by Gasteiger charge is -2.11. The smallest absolute Gasteiger partial charge is 0.0547 e. The highest BCUT2D eigenvalue weighted by atomic mass is 16.5. The van der Waals surface area contributed by atoms with E-state index in [4.69, 9.17) is 4.74 Å². The molecular formula is C11H23O. The Hall–Kier alpha value is -0.0400. The van der Waals surface area contributed by atoms with Gasteiger partial charge in [-0.1, -0.05) is 27.2 Å². The summed E-state index contributed by atoms with van der Waals surface area (Å²) >= 11 is 0. The molecule has 0 aliphatic rings. The molecule has 1 nitrogen and oxygen atoms in total. The van der Waals surface area contributed by atoms with Crippen LogP contribution in [0.15, 0.2) is 0 Å². The largest absolute Gasteiger partial charge is 0.379 e. The number of hydrogen-bond acceptors (Lipinski definition) is 1. The fourth-order valence-corrected chi connectivity index (χ4v) is 1.00. The normalized spacial score (nSPS) is 16.0. The maximum Gasteiger partial charge on any atom is 0.0547 e. The third-order valence-electron chi connectivity index (χ3n) is 2.35. The lowest BCUT2D eigenvalue weighted by atomic mass is 10.0. The molecule has 0 aromatic heterocycles. The van der Waals surface area contributed by atoms with Gasteiger partial charge in [-0.05, 0) is 32.1 Å². The molecule has 0 N–H and O–H groups in total. The molecule has 0 aromatic carbocycles. The first-order valence-corrected chi connectivity index (χ1v) is 5.11. The molecule has 0 fully saturated rings. The Morgan fingerprint density at radius 1 is 1.33 bits per heavy atom. The molecule has 1 radical (unpaired) electrons. The Morgan fingerprint density at radius 2 is 2.00 bits per heavy atom. The summed E-state index contributed by atoms with van der Waals surface area (Å²) in [6.07, 6.45) is 4.98. The highest BCUT2D eigenvalue weighted by molar-refractivity contribution is 4.53. The van der Waals surface area contributed by atoms with Crippen molar-refractivity contribution in [1.29, 1.82) is 0 Å². The maximum absolute atomic E-state index is 5.52. The highest BCUT2D eigenvalue weighted by Gasteiger charge is 2.00. The Balaban J connectivity index is 3.10. The van der Waals surface area contributed by atoms with Crippen LogP contribution in [0.25, 0.3) is 0 Å². The average molecular weight is 171 g/mol. The molecule has 0 aromatic rings. The van der Waals surface area contributed by atoms with E-state index in [1.807, 2.05) is 0 Å². The molecule has 12 heavy (non-hydrogen) atoms. The molecule has 0 aliphatic heterocycles. The Labute approximate surface area is 77.5 Å². The second-order valence-corrected chi connectivity index (χ2v) is 3.63. The van der Waals surface area contributed by atoms with Crippen molar-refractivity contribution in [1.82, 2.24) is 0 Å². The minimum Gasteiger partial charge on any atom is -0.379 e. The molecule has 0 saturated heterocycles. The zero-order chi connectivity index (χ0) is 9.40. The van der Waals surface area contributed by atoms with E-state index >= 15 is 0 Å². The van der Waals surface area contributed by atoms with Crippen LogP contribution in [-0.2, 0) is 4.74 Å². The molecule has 1 heteroatoms. The molecule has 73 valence electrons. The standard InChI is InChI=1S/C11H23O/c1-5-10(3)8-7-9-12-11(4)6-2/h10-11H,2,5-9H2,1,3-4H3. The van der Waals surface area contributed by atoms with Crippen LogP contribution in [0.5, 0.6) is 0 Å². The van der Waals surface area contributed by atoms with Crippen LogP contribution in [0.3, 0.4) is 0 Å². The van der Waals surface area contributed by atoms with Gasteiger partial charge < -0.3 is 4.74 Å². The highest BCUT2D eigenvalue weighted by Crippen LogP contribution is 2.09. The minimum absolute atomic E-state index is 0.335. The van der Waals surface area contributed by atoms with Gasteiger partial charge in [0.05, 0.1) is 6.10 Å². The van der Waals surface area contributed by atoms with E-state index in [9.17, 15) is 0 Å². The van der Waals surface area contributed by atoms with Crippen molar-refractivity contribution in [3.8, 4) is 0 Å². The van der Waals surface area contributed by atoms with Gasteiger partial charge in [-0.3, -0.25) is 0 Å². The second kappa shape index (κ2) is 7.60. The minimum atomic E-state index is 0.335. The predicted octanol–water partition coefficient (Wildman–Crippen LogP) is 3.44. The monoisotopic (exact) mass is 171 g/mol. The van der Waals surface area contributed by atoms with Gasteiger partial charge in [0.2, 0.25) is 0 Å². The zero-order valence-electron chi connectivity index (χ0n) is 8.81. The first kappa shape index (κ1) is 12.0. The summed E-state index contributed by atoms with van der Waals surface area (Å²) in [4.78, 5) is 0. The van der Waals surface area contributed by atoms with E-state index in [2.05, 4.69) is 27.7 Å². The molecular weight excluding hydrogens is 148 g/mol. The van der Waals surface area contributed by atoms with Gasteiger partial charge in [0.15, 0.2) is 0 Å². The van der Waals surface area contributed by atoms with E-state index in [0.717, 1.165) is 18.9 Å². The predicted molar refractivity (Wildman–Crippen MR) is 54.1 cm³/mol. The van der Waals surface area contributed by atoms with Gasteiger partial charge in [0.1, 0.15) is 0 Å². The van der Waals surface area contributed by atoms with Gasteiger partial charge in [-0.15, -0.1) is 0 Å². The van der Waals surface area contributed by atoms with Crippen LogP contribution in [0.1, 0.15) is 46.5 Å². The molecule has 0 heterocycles. The van der Waals surface area contributed by atoms with Gasteiger partial charge in [0.25, 0.3) is 0 Å². The van der Waals surface area contributed by atoms with Gasteiger partial charge in [0, 0.05) is 6.61 Å². The molecule has 0 spiro atoms. The number of ether oxygens (including phenoxy) is 1. The average Bonchev–Trinajstić information content (AvgIpc) is 2.11. The van der Waals surface area contributed by atoms with Crippen LogP contribution in [0.4, 0.5) is 0 Å². The van der Waals surface area contributed by atoms with E-state index < -0.39 is 0 Å². The summed E-state index contributed by atoms with van der Waals surface area (Å²) in [7, 11) is 0. The van der Waals surface area contributed by atoms with Gasteiger partial charge in [-0.25, -0.2) is 0 Å². The summed E-state index contributed by atoms with van der Waals surface area (Å²) < 4.78 is 5.52. The van der Waals surface area contributed by atoms with Crippen LogP contribution in [0, 0.1) is 12.8 Å². The summed E-state index contributed by atoms with van der Waals surface area (Å²) in [5.41, 5.74) is 0. The maximum atomic E-state index is 5.52. The van der Waals surface area contributed by atoms with Crippen LogP contribution in [0.2, 0.25) is 0 Å². The molecule has 0 aliphatic carbocycles. The molecule has 0 saturated carbocycles. The van der Waals surface area contributed by atoms with Crippen molar-refractivity contribution in [3.05, 3.63) is 6.92 Å².